The Labute approximate surface area is 159 Å². The molecule has 1 heterocycles. The summed E-state index contributed by atoms with van der Waals surface area (Å²) in [6, 6.07) is 28.1. The van der Waals surface area contributed by atoms with Crippen LogP contribution in [0.15, 0.2) is 84.9 Å². The van der Waals surface area contributed by atoms with E-state index >= 15 is 0 Å². The number of nitrogens with zero attached hydrogens (tertiary/aromatic N) is 2. The van der Waals surface area contributed by atoms with Crippen molar-refractivity contribution in [1.82, 2.24) is 9.78 Å². The average Bonchev–Trinajstić information content (AvgIpc) is 3.08. The van der Waals surface area contributed by atoms with E-state index in [1.807, 2.05) is 36.4 Å². The molecule has 0 radical (unpaired) electrons. The van der Waals surface area contributed by atoms with Gasteiger partial charge >= 0.3 is 0 Å². The van der Waals surface area contributed by atoms with Crippen LogP contribution >= 0.6 is 0 Å². The van der Waals surface area contributed by atoms with Crippen LogP contribution in [-0.4, -0.2) is 14.9 Å². The molecule has 1 N–H and O–H groups in total. The first-order chi connectivity index (χ1) is 13.3. The molecule has 0 saturated carbocycles. The first kappa shape index (κ1) is 17.1. The molecule has 1 aromatic heterocycles. The predicted molar refractivity (Wildman–Crippen MR) is 110 cm³/mol. The lowest BCUT2D eigenvalue weighted by Crippen LogP contribution is -2.04. The Balaban J connectivity index is 1.90. The van der Waals surface area contributed by atoms with E-state index in [9.17, 15) is 5.11 Å². The Kier molecular flexibility index (Phi) is 4.75. The summed E-state index contributed by atoms with van der Waals surface area (Å²) in [4.78, 5) is 0. The molecule has 0 aliphatic carbocycles. The minimum Gasteiger partial charge on any atom is -0.508 e. The molecule has 0 unspecified atom stereocenters. The van der Waals surface area contributed by atoms with E-state index in [2.05, 4.69) is 48.0 Å². The Hall–Kier alpha value is -3.33. The highest BCUT2D eigenvalue weighted by Crippen LogP contribution is 2.34. The number of phenolic OH excluding ortho intramolecular Hbond substituents is 1. The van der Waals surface area contributed by atoms with Gasteiger partial charge in [0.05, 0.1) is 17.9 Å². The largest absolute Gasteiger partial charge is 0.508 e. The van der Waals surface area contributed by atoms with Crippen LogP contribution in [0.25, 0.3) is 22.5 Å². The minimum absolute atomic E-state index is 0.272. The Morgan fingerprint density at radius 2 is 1.41 bits per heavy atom. The maximum absolute atomic E-state index is 9.70. The summed E-state index contributed by atoms with van der Waals surface area (Å²) >= 11 is 0. The molecule has 0 spiro atoms. The predicted octanol–water partition coefficient (Wildman–Crippen LogP) is 5.53. The van der Waals surface area contributed by atoms with Gasteiger partial charge in [-0.15, -0.1) is 0 Å². The lowest BCUT2D eigenvalue weighted by atomic mass is 10.00. The summed E-state index contributed by atoms with van der Waals surface area (Å²) in [5.74, 6) is 0.272. The fraction of sp³-hybridized carbons (Fsp3) is 0.125. The van der Waals surface area contributed by atoms with Gasteiger partial charge in [0.15, 0.2) is 0 Å². The summed E-state index contributed by atoms with van der Waals surface area (Å²) in [5.41, 5.74) is 6.76. The van der Waals surface area contributed by atoms with Crippen molar-refractivity contribution in [3.63, 3.8) is 0 Å². The number of aromatic hydroxyl groups is 1. The number of aromatic nitrogens is 2. The molecule has 4 aromatic rings. The van der Waals surface area contributed by atoms with Gasteiger partial charge in [0, 0.05) is 16.7 Å². The molecule has 3 aromatic carbocycles. The molecule has 0 aliphatic heterocycles. The van der Waals surface area contributed by atoms with Crippen LogP contribution in [0.2, 0.25) is 0 Å². The third-order valence-electron chi connectivity index (χ3n) is 4.77. The molecule has 0 aliphatic rings. The molecule has 0 saturated heterocycles. The van der Waals surface area contributed by atoms with Crippen molar-refractivity contribution in [3.8, 4) is 28.3 Å². The smallest absolute Gasteiger partial charge is 0.115 e. The summed E-state index contributed by atoms with van der Waals surface area (Å²) in [6.45, 7) is 2.87. The summed E-state index contributed by atoms with van der Waals surface area (Å²) < 4.78 is 2.09. The molecule has 0 atom stereocenters. The number of hydrogen-bond donors (Lipinski definition) is 1. The van der Waals surface area contributed by atoms with Gasteiger partial charge in [-0.25, -0.2) is 0 Å². The van der Waals surface area contributed by atoms with E-state index in [4.69, 9.17) is 5.10 Å². The summed E-state index contributed by atoms with van der Waals surface area (Å²) in [7, 11) is 0. The lowest BCUT2D eigenvalue weighted by molar-refractivity contribution is 0.475. The maximum atomic E-state index is 9.70. The van der Waals surface area contributed by atoms with E-state index in [-0.39, 0.29) is 5.75 Å². The van der Waals surface area contributed by atoms with Crippen LogP contribution in [0.1, 0.15) is 18.1 Å². The van der Waals surface area contributed by atoms with Gasteiger partial charge in [-0.05, 0) is 36.2 Å². The quantitative estimate of drug-likeness (QED) is 0.511. The minimum atomic E-state index is 0.272. The van der Waals surface area contributed by atoms with Gasteiger partial charge in [-0.2, -0.15) is 5.10 Å². The third-order valence-corrected chi connectivity index (χ3v) is 4.77. The fourth-order valence-corrected chi connectivity index (χ4v) is 3.48. The lowest BCUT2D eigenvalue weighted by Gasteiger charge is -2.10. The zero-order valence-electron chi connectivity index (χ0n) is 15.3. The molecule has 3 nitrogen and oxygen atoms in total. The topological polar surface area (TPSA) is 38.0 Å². The van der Waals surface area contributed by atoms with E-state index in [0.717, 1.165) is 28.9 Å². The van der Waals surface area contributed by atoms with Gasteiger partial charge in [0.25, 0.3) is 0 Å². The summed E-state index contributed by atoms with van der Waals surface area (Å²) in [5, 5.41) is 14.7. The van der Waals surface area contributed by atoms with E-state index in [1.54, 1.807) is 12.1 Å². The second kappa shape index (κ2) is 7.50. The first-order valence-corrected chi connectivity index (χ1v) is 9.24. The molecule has 0 amide bonds. The van der Waals surface area contributed by atoms with Crippen molar-refractivity contribution >= 4 is 0 Å². The first-order valence-electron chi connectivity index (χ1n) is 9.24. The Morgan fingerprint density at radius 1 is 0.778 bits per heavy atom. The van der Waals surface area contributed by atoms with Gasteiger partial charge in [0.2, 0.25) is 0 Å². The van der Waals surface area contributed by atoms with E-state index in [0.29, 0.717) is 6.54 Å². The number of hydrogen-bond acceptors (Lipinski definition) is 2. The number of benzene rings is 3. The van der Waals surface area contributed by atoms with Crippen molar-refractivity contribution in [3.05, 3.63) is 96.1 Å². The third kappa shape index (κ3) is 3.49. The van der Waals surface area contributed by atoms with Gasteiger partial charge in [0.1, 0.15) is 5.75 Å². The fourth-order valence-electron chi connectivity index (χ4n) is 3.48. The van der Waals surface area contributed by atoms with E-state index < -0.39 is 0 Å². The van der Waals surface area contributed by atoms with Crippen LogP contribution in [0.3, 0.4) is 0 Å². The monoisotopic (exact) mass is 354 g/mol. The molecule has 0 bridgehead atoms. The summed E-state index contributed by atoms with van der Waals surface area (Å²) in [6.07, 6.45) is 0.884. The second-order valence-corrected chi connectivity index (χ2v) is 6.59. The molecule has 0 fully saturated rings. The zero-order chi connectivity index (χ0) is 18.6. The molecular weight excluding hydrogens is 332 g/mol. The van der Waals surface area contributed by atoms with Gasteiger partial charge in [-0.3, -0.25) is 4.68 Å². The van der Waals surface area contributed by atoms with Crippen molar-refractivity contribution < 1.29 is 5.11 Å². The van der Waals surface area contributed by atoms with Crippen molar-refractivity contribution in [2.75, 3.05) is 0 Å². The van der Waals surface area contributed by atoms with Gasteiger partial charge < -0.3 is 5.11 Å². The highest BCUT2D eigenvalue weighted by molar-refractivity contribution is 5.75. The molecular formula is C24H22N2O. The highest BCUT2D eigenvalue weighted by Gasteiger charge is 2.19. The molecule has 3 heteroatoms. The Morgan fingerprint density at radius 3 is 2.04 bits per heavy atom. The highest BCUT2D eigenvalue weighted by atomic mass is 16.3. The molecule has 27 heavy (non-hydrogen) atoms. The van der Waals surface area contributed by atoms with Crippen molar-refractivity contribution in [2.24, 2.45) is 0 Å². The zero-order valence-corrected chi connectivity index (χ0v) is 15.3. The van der Waals surface area contributed by atoms with Gasteiger partial charge in [-0.1, -0.05) is 67.6 Å². The van der Waals surface area contributed by atoms with E-state index in [1.165, 1.54) is 11.1 Å². The molecule has 134 valence electrons. The van der Waals surface area contributed by atoms with Crippen LogP contribution in [0.4, 0.5) is 0 Å². The molecule has 4 rings (SSSR count). The number of phenols is 1. The van der Waals surface area contributed by atoms with Crippen LogP contribution in [-0.2, 0) is 13.0 Å². The average molecular weight is 354 g/mol. The van der Waals surface area contributed by atoms with Crippen LogP contribution in [0, 0.1) is 0 Å². The normalized spacial score (nSPS) is 10.9. The number of rotatable bonds is 5. The Bertz CT molecular complexity index is 1020. The van der Waals surface area contributed by atoms with Crippen LogP contribution < -0.4 is 0 Å². The van der Waals surface area contributed by atoms with Crippen molar-refractivity contribution in [2.45, 2.75) is 19.9 Å². The SMILES string of the molecule is CCc1c(-c2ccccc2)nn(Cc2ccccc2)c1-c1ccc(O)cc1. The van der Waals surface area contributed by atoms with Crippen LogP contribution in [0.5, 0.6) is 5.75 Å². The standard InChI is InChI=1S/C24H22N2O/c1-2-22-23(19-11-7-4-8-12-19)25-26(17-18-9-5-3-6-10-18)24(22)20-13-15-21(27)16-14-20/h3-16,27H,2,17H2,1H3. The van der Waals surface area contributed by atoms with Crippen molar-refractivity contribution in [1.29, 1.82) is 0 Å². The maximum Gasteiger partial charge on any atom is 0.115 e. The second-order valence-electron chi connectivity index (χ2n) is 6.59.